The van der Waals surface area contributed by atoms with E-state index in [4.69, 9.17) is 4.74 Å². The smallest absolute Gasteiger partial charge is 0.307 e. The lowest BCUT2D eigenvalue weighted by atomic mass is 10.0. The molecule has 0 aliphatic rings. The molecule has 0 rings (SSSR count). The zero-order valence-corrected chi connectivity index (χ0v) is 24.3. The Labute approximate surface area is 214 Å². The van der Waals surface area contributed by atoms with E-state index < -0.39 is 0 Å². The largest absolute Gasteiger partial charge is 0.465 e. The average molecular weight is 484 g/mol. The summed E-state index contributed by atoms with van der Waals surface area (Å²) < 4.78 is 6.98. The minimum absolute atomic E-state index is 0.00425. The summed E-state index contributed by atoms with van der Waals surface area (Å²) >= 11 is 0. The van der Waals surface area contributed by atoms with Crippen molar-refractivity contribution in [3.8, 4) is 0 Å². The number of hydrogen-bond acceptors (Lipinski definition) is 3. The van der Waals surface area contributed by atoms with E-state index in [-0.39, 0.29) is 5.97 Å². The second-order valence-electron chi connectivity index (χ2n) is 10.7. The van der Waals surface area contributed by atoms with Gasteiger partial charge in [-0.25, -0.2) is 0 Å². The molecule has 1 atom stereocenters. The Morgan fingerprint density at radius 2 is 1.18 bits per heavy atom. The van der Waals surface area contributed by atoms with Crippen molar-refractivity contribution in [2.45, 2.75) is 131 Å². The first kappa shape index (κ1) is 33.4. The molecule has 0 bridgehead atoms. The van der Waals surface area contributed by atoms with E-state index in [0.717, 1.165) is 26.1 Å². The van der Waals surface area contributed by atoms with Crippen molar-refractivity contribution in [3.05, 3.63) is 0 Å². The molecule has 0 fully saturated rings. The first-order valence-electron chi connectivity index (χ1n) is 15.2. The van der Waals surface area contributed by atoms with Gasteiger partial charge in [-0.05, 0) is 44.6 Å². The minimum atomic E-state index is -0.00425. The Hall–Kier alpha value is -0.610. The molecule has 0 N–H and O–H groups in total. The Balaban J connectivity index is 4.76. The SMILES string of the molecule is CCCCC(CC)COC(=O)CCN(CCCC)CCC[N+](CCCC)(CCCC)CCCC. The monoisotopic (exact) mass is 483 g/mol. The van der Waals surface area contributed by atoms with Crippen LogP contribution in [0.5, 0.6) is 0 Å². The number of rotatable bonds is 25. The third-order valence-electron chi connectivity index (χ3n) is 7.55. The van der Waals surface area contributed by atoms with Crippen molar-refractivity contribution in [3.63, 3.8) is 0 Å². The summed E-state index contributed by atoms with van der Waals surface area (Å²) in [6.45, 7) is 22.7. The highest BCUT2D eigenvalue weighted by molar-refractivity contribution is 5.69. The summed E-state index contributed by atoms with van der Waals surface area (Å²) in [6, 6.07) is 0. The standard InChI is InChI=1S/C30H63N2O2/c1-7-13-19-29(12-6)28-34-30(33)20-23-31(21-14-8-2)22-18-27-32(24-15-9-3,25-16-10-4)26-17-11-5/h29H,7-28H2,1-6H3/q+1. The molecule has 0 radical (unpaired) electrons. The zero-order valence-electron chi connectivity index (χ0n) is 24.3. The van der Waals surface area contributed by atoms with E-state index in [1.54, 1.807) is 0 Å². The van der Waals surface area contributed by atoms with Crippen LogP contribution in [0.1, 0.15) is 131 Å². The number of esters is 1. The van der Waals surface area contributed by atoms with E-state index in [9.17, 15) is 4.79 Å². The summed E-state index contributed by atoms with van der Waals surface area (Å²) in [6.07, 6.45) is 16.8. The van der Waals surface area contributed by atoms with E-state index in [1.807, 2.05) is 0 Å². The van der Waals surface area contributed by atoms with Crippen LogP contribution in [0.2, 0.25) is 0 Å². The molecule has 4 nitrogen and oxygen atoms in total. The fourth-order valence-corrected chi connectivity index (χ4v) is 4.93. The molecule has 0 aromatic heterocycles. The fraction of sp³-hybridized carbons (Fsp3) is 0.967. The van der Waals surface area contributed by atoms with E-state index in [2.05, 4.69) is 46.4 Å². The van der Waals surface area contributed by atoms with Gasteiger partial charge < -0.3 is 14.1 Å². The van der Waals surface area contributed by atoms with Gasteiger partial charge in [-0.1, -0.05) is 86.5 Å². The predicted molar refractivity (Wildman–Crippen MR) is 149 cm³/mol. The van der Waals surface area contributed by atoms with Crippen LogP contribution in [-0.2, 0) is 9.53 Å². The summed E-state index contributed by atoms with van der Waals surface area (Å²) in [4.78, 5) is 15.0. The number of unbranched alkanes of at least 4 members (excludes halogenated alkanes) is 5. The summed E-state index contributed by atoms with van der Waals surface area (Å²) in [7, 11) is 0. The normalized spacial score (nSPS) is 12.9. The molecule has 0 aromatic carbocycles. The van der Waals surface area contributed by atoms with Crippen LogP contribution in [0.4, 0.5) is 0 Å². The highest BCUT2D eigenvalue weighted by Crippen LogP contribution is 2.17. The molecule has 0 amide bonds. The van der Waals surface area contributed by atoms with Gasteiger partial charge in [0.15, 0.2) is 0 Å². The highest BCUT2D eigenvalue weighted by Gasteiger charge is 2.25. The first-order chi connectivity index (χ1) is 16.5. The molecule has 0 aliphatic heterocycles. The third-order valence-corrected chi connectivity index (χ3v) is 7.55. The number of carbonyl (C=O) groups excluding carboxylic acids is 1. The Morgan fingerprint density at radius 3 is 1.68 bits per heavy atom. The van der Waals surface area contributed by atoms with Gasteiger partial charge in [0, 0.05) is 19.5 Å². The van der Waals surface area contributed by atoms with Crippen molar-refractivity contribution in [2.24, 2.45) is 5.92 Å². The van der Waals surface area contributed by atoms with Crippen molar-refractivity contribution >= 4 is 5.97 Å². The highest BCUT2D eigenvalue weighted by atomic mass is 16.5. The second kappa shape index (κ2) is 22.8. The Bertz CT molecular complexity index is 433. The molecule has 0 heterocycles. The van der Waals surface area contributed by atoms with Gasteiger partial charge in [0.25, 0.3) is 0 Å². The van der Waals surface area contributed by atoms with Gasteiger partial charge >= 0.3 is 5.97 Å². The van der Waals surface area contributed by atoms with Gasteiger partial charge in [-0.2, -0.15) is 0 Å². The van der Waals surface area contributed by atoms with Crippen molar-refractivity contribution < 1.29 is 14.0 Å². The maximum atomic E-state index is 12.5. The summed E-state index contributed by atoms with van der Waals surface area (Å²) in [5.41, 5.74) is 0. The molecule has 0 aromatic rings. The van der Waals surface area contributed by atoms with Gasteiger partial charge in [-0.15, -0.1) is 0 Å². The van der Waals surface area contributed by atoms with Crippen LogP contribution < -0.4 is 0 Å². The fourth-order valence-electron chi connectivity index (χ4n) is 4.93. The molecule has 34 heavy (non-hydrogen) atoms. The van der Waals surface area contributed by atoms with Gasteiger partial charge in [0.1, 0.15) is 0 Å². The molecule has 0 saturated heterocycles. The molecule has 4 heteroatoms. The van der Waals surface area contributed by atoms with E-state index in [1.165, 1.54) is 108 Å². The van der Waals surface area contributed by atoms with Crippen LogP contribution in [-0.4, -0.2) is 67.8 Å². The molecule has 204 valence electrons. The molecule has 0 spiro atoms. The third kappa shape index (κ3) is 16.9. The van der Waals surface area contributed by atoms with Crippen LogP contribution in [0.3, 0.4) is 0 Å². The lowest BCUT2D eigenvalue weighted by Crippen LogP contribution is -2.51. The number of carbonyl (C=O) groups is 1. The van der Waals surface area contributed by atoms with Crippen LogP contribution in [0, 0.1) is 5.92 Å². The number of ether oxygens (including phenoxy) is 1. The first-order valence-corrected chi connectivity index (χ1v) is 15.2. The van der Waals surface area contributed by atoms with Gasteiger partial charge in [0.2, 0.25) is 0 Å². The van der Waals surface area contributed by atoms with Crippen molar-refractivity contribution in [1.82, 2.24) is 4.90 Å². The minimum Gasteiger partial charge on any atom is -0.465 e. The number of nitrogens with zero attached hydrogens (tertiary/aromatic N) is 2. The second-order valence-corrected chi connectivity index (χ2v) is 10.7. The van der Waals surface area contributed by atoms with Crippen molar-refractivity contribution in [2.75, 3.05) is 52.4 Å². The number of quaternary nitrogens is 1. The maximum Gasteiger partial charge on any atom is 0.307 e. The Morgan fingerprint density at radius 1 is 0.676 bits per heavy atom. The molecule has 0 saturated carbocycles. The molecular weight excluding hydrogens is 420 g/mol. The summed E-state index contributed by atoms with van der Waals surface area (Å²) in [5, 5.41) is 0. The lowest BCUT2D eigenvalue weighted by molar-refractivity contribution is -0.929. The van der Waals surface area contributed by atoms with Crippen LogP contribution >= 0.6 is 0 Å². The molecule has 0 aliphatic carbocycles. The van der Waals surface area contributed by atoms with E-state index in [0.29, 0.717) is 18.9 Å². The quantitative estimate of drug-likeness (QED) is 0.0978. The average Bonchev–Trinajstić information content (AvgIpc) is 2.85. The number of hydrogen-bond donors (Lipinski definition) is 0. The van der Waals surface area contributed by atoms with Gasteiger partial charge in [0.05, 0.1) is 39.2 Å². The maximum absolute atomic E-state index is 12.5. The lowest BCUT2D eigenvalue weighted by Gasteiger charge is -2.40. The van der Waals surface area contributed by atoms with Crippen LogP contribution in [0.15, 0.2) is 0 Å². The molecule has 1 unspecified atom stereocenters. The van der Waals surface area contributed by atoms with Gasteiger partial charge in [-0.3, -0.25) is 4.79 Å². The van der Waals surface area contributed by atoms with Crippen LogP contribution in [0.25, 0.3) is 0 Å². The van der Waals surface area contributed by atoms with Crippen molar-refractivity contribution in [1.29, 1.82) is 0 Å². The summed E-state index contributed by atoms with van der Waals surface area (Å²) in [5.74, 6) is 0.524. The zero-order chi connectivity index (χ0) is 25.5. The molecular formula is C30H63N2O2+. The topological polar surface area (TPSA) is 29.5 Å². The van der Waals surface area contributed by atoms with E-state index >= 15 is 0 Å². The Kier molecular flexibility index (Phi) is 22.4. The predicted octanol–water partition coefficient (Wildman–Crippen LogP) is 7.85.